The van der Waals surface area contributed by atoms with Gasteiger partial charge in [0.15, 0.2) is 0 Å². The average Bonchev–Trinajstić information content (AvgIpc) is 2.49. The number of carboxylic acids is 1. The van der Waals surface area contributed by atoms with E-state index in [0.29, 0.717) is 0 Å². The minimum atomic E-state index is -1.05. The van der Waals surface area contributed by atoms with Gasteiger partial charge in [0.2, 0.25) is 0 Å². The first-order valence-electron chi connectivity index (χ1n) is 3.87. The Morgan fingerprint density at radius 3 is 3.00 bits per heavy atom. The first-order valence-corrected chi connectivity index (χ1v) is 5.12. The molecule has 0 saturated carbocycles. The predicted octanol–water partition coefficient (Wildman–Crippen LogP) is 2.96. The molecule has 2 heterocycles. The number of fused-ring (bicyclic) bond motifs is 1. The molecule has 0 fully saturated rings. The molecule has 72 valence electrons. The summed E-state index contributed by atoms with van der Waals surface area (Å²) in [6, 6.07) is 0. The van der Waals surface area contributed by atoms with Crippen molar-refractivity contribution < 1.29 is 9.90 Å². The Morgan fingerprint density at radius 1 is 1.64 bits per heavy atom. The zero-order chi connectivity index (χ0) is 10.3. The Bertz CT molecular complexity index is 521. The summed E-state index contributed by atoms with van der Waals surface area (Å²) in [5.74, 6) is -1.05. The van der Waals surface area contributed by atoms with Gasteiger partial charge in [-0.25, -0.2) is 4.79 Å². The van der Waals surface area contributed by atoms with E-state index in [1.54, 1.807) is 0 Å². The Balaban J connectivity index is 2.82. The summed E-state index contributed by atoms with van der Waals surface area (Å²) in [6.45, 7) is 1.92. The van der Waals surface area contributed by atoms with Crippen LogP contribution in [0, 0.1) is 6.92 Å². The molecule has 0 atom stereocenters. The number of thiophene rings is 1. The lowest BCUT2D eigenvalue weighted by atomic mass is 10.2. The van der Waals surface area contributed by atoms with Crippen LogP contribution in [0.4, 0.5) is 0 Å². The minimum absolute atomic E-state index is 0.0565. The Labute approximate surface area is 89.0 Å². The normalized spacial score (nSPS) is 10.7. The molecule has 5 heteroatoms. The molecule has 0 bridgehead atoms. The van der Waals surface area contributed by atoms with Crippen molar-refractivity contribution in [2.45, 2.75) is 6.92 Å². The summed E-state index contributed by atoms with van der Waals surface area (Å²) >= 11 is 7.35. The molecular weight excluding hydrogens is 222 g/mol. The van der Waals surface area contributed by atoms with Crippen molar-refractivity contribution in [3.8, 4) is 0 Å². The van der Waals surface area contributed by atoms with Gasteiger partial charge in [0.25, 0.3) is 0 Å². The lowest BCUT2D eigenvalue weighted by molar-refractivity contribution is 0.0697. The molecule has 0 aliphatic heterocycles. The van der Waals surface area contributed by atoms with Crippen LogP contribution < -0.4 is 0 Å². The highest BCUT2D eigenvalue weighted by atomic mass is 35.5. The fourth-order valence-corrected chi connectivity index (χ4v) is 2.51. The summed E-state index contributed by atoms with van der Waals surface area (Å²) in [4.78, 5) is 14.8. The lowest BCUT2D eigenvalue weighted by Gasteiger charge is -1.98. The van der Waals surface area contributed by atoms with E-state index in [1.807, 2.05) is 12.3 Å². The third-order valence-corrected chi connectivity index (χ3v) is 3.54. The van der Waals surface area contributed by atoms with Crippen LogP contribution in [0.2, 0.25) is 5.02 Å². The molecule has 2 aromatic rings. The number of halogens is 1. The van der Waals surface area contributed by atoms with E-state index in [0.717, 1.165) is 15.8 Å². The monoisotopic (exact) mass is 227 g/mol. The van der Waals surface area contributed by atoms with Crippen molar-refractivity contribution in [2.75, 3.05) is 0 Å². The van der Waals surface area contributed by atoms with E-state index in [-0.39, 0.29) is 10.6 Å². The first kappa shape index (κ1) is 9.43. The number of aromatic carboxylic acids is 1. The number of carboxylic acid groups (broad SMARTS) is 1. The van der Waals surface area contributed by atoms with E-state index in [1.165, 1.54) is 17.5 Å². The Hall–Kier alpha value is -1.13. The van der Waals surface area contributed by atoms with Crippen LogP contribution in [0.25, 0.3) is 10.2 Å². The smallest absolute Gasteiger partial charge is 0.338 e. The Kier molecular flexibility index (Phi) is 2.17. The molecule has 0 aromatic carbocycles. The highest BCUT2D eigenvalue weighted by Crippen LogP contribution is 2.32. The van der Waals surface area contributed by atoms with Crippen LogP contribution in [0.5, 0.6) is 0 Å². The maximum Gasteiger partial charge on any atom is 0.338 e. The first-order chi connectivity index (χ1) is 6.61. The summed E-state index contributed by atoms with van der Waals surface area (Å²) in [6.07, 6.45) is 1.30. The maximum atomic E-state index is 10.8. The van der Waals surface area contributed by atoms with Crippen molar-refractivity contribution in [3.63, 3.8) is 0 Å². The minimum Gasteiger partial charge on any atom is -0.478 e. The van der Waals surface area contributed by atoms with Crippen molar-refractivity contribution in [3.05, 3.63) is 27.7 Å². The second-order valence-corrected chi connectivity index (χ2v) is 4.15. The van der Waals surface area contributed by atoms with Crippen LogP contribution in [0.15, 0.2) is 11.6 Å². The molecule has 0 aliphatic carbocycles. The van der Waals surface area contributed by atoms with E-state index in [2.05, 4.69) is 4.98 Å². The van der Waals surface area contributed by atoms with Gasteiger partial charge in [-0.3, -0.25) is 4.98 Å². The molecule has 0 unspecified atom stereocenters. The highest BCUT2D eigenvalue weighted by molar-refractivity contribution is 7.18. The van der Waals surface area contributed by atoms with Crippen molar-refractivity contribution >= 4 is 39.1 Å². The van der Waals surface area contributed by atoms with Gasteiger partial charge in [0, 0.05) is 6.20 Å². The summed E-state index contributed by atoms with van der Waals surface area (Å²) in [7, 11) is 0. The summed E-state index contributed by atoms with van der Waals surface area (Å²) in [5, 5.41) is 11.0. The maximum absolute atomic E-state index is 10.8. The third kappa shape index (κ3) is 1.27. The van der Waals surface area contributed by atoms with Crippen LogP contribution in [-0.4, -0.2) is 16.1 Å². The topological polar surface area (TPSA) is 50.2 Å². The summed E-state index contributed by atoms with van der Waals surface area (Å²) in [5.41, 5.74) is 1.86. The van der Waals surface area contributed by atoms with Crippen LogP contribution in [0.3, 0.4) is 0 Å². The van der Waals surface area contributed by atoms with E-state index >= 15 is 0 Å². The van der Waals surface area contributed by atoms with Crippen molar-refractivity contribution in [1.82, 2.24) is 4.98 Å². The Morgan fingerprint density at radius 2 is 2.36 bits per heavy atom. The third-order valence-electron chi connectivity index (χ3n) is 1.93. The molecule has 0 saturated heterocycles. The fraction of sp³-hybridized carbons (Fsp3) is 0.111. The van der Waals surface area contributed by atoms with Gasteiger partial charge < -0.3 is 5.11 Å². The molecule has 0 spiro atoms. The van der Waals surface area contributed by atoms with Crippen LogP contribution >= 0.6 is 22.9 Å². The van der Waals surface area contributed by atoms with Gasteiger partial charge >= 0.3 is 5.97 Å². The number of pyridine rings is 1. The second kappa shape index (κ2) is 3.22. The molecule has 0 amide bonds. The van der Waals surface area contributed by atoms with Crippen LogP contribution in [0.1, 0.15) is 15.9 Å². The SMILES string of the molecule is Cc1csc2c(Cl)c(C(=O)O)cnc12. The largest absolute Gasteiger partial charge is 0.478 e. The van der Waals surface area contributed by atoms with Gasteiger partial charge in [0.05, 0.1) is 20.8 Å². The number of aromatic nitrogens is 1. The number of carbonyl (C=O) groups is 1. The second-order valence-electron chi connectivity index (χ2n) is 2.89. The number of rotatable bonds is 1. The van der Waals surface area contributed by atoms with Gasteiger partial charge in [-0.2, -0.15) is 0 Å². The van der Waals surface area contributed by atoms with Gasteiger partial charge in [-0.1, -0.05) is 11.6 Å². The van der Waals surface area contributed by atoms with Crippen LogP contribution in [-0.2, 0) is 0 Å². The number of nitrogens with zero attached hydrogens (tertiary/aromatic N) is 1. The number of hydrogen-bond acceptors (Lipinski definition) is 3. The zero-order valence-corrected chi connectivity index (χ0v) is 8.82. The number of aryl methyl sites for hydroxylation is 1. The molecule has 1 N–H and O–H groups in total. The van der Waals surface area contributed by atoms with Gasteiger partial charge in [-0.05, 0) is 17.9 Å². The highest BCUT2D eigenvalue weighted by Gasteiger charge is 2.14. The van der Waals surface area contributed by atoms with E-state index in [4.69, 9.17) is 16.7 Å². The standard InChI is InChI=1S/C9H6ClNO2S/c1-4-3-14-8-6(10)5(9(12)13)2-11-7(4)8/h2-3H,1H3,(H,12,13). The van der Waals surface area contributed by atoms with E-state index < -0.39 is 5.97 Å². The molecule has 3 nitrogen and oxygen atoms in total. The predicted molar refractivity (Wildman–Crippen MR) is 56.3 cm³/mol. The van der Waals surface area contributed by atoms with Gasteiger partial charge in [0.1, 0.15) is 0 Å². The number of hydrogen-bond donors (Lipinski definition) is 1. The molecular formula is C9H6ClNO2S. The fourth-order valence-electron chi connectivity index (χ4n) is 1.21. The summed E-state index contributed by atoms with van der Waals surface area (Å²) < 4.78 is 0.740. The van der Waals surface area contributed by atoms with Crippen molar-refractivity contribution in [2.24, 2.45) is 0 Å². The zero-order valence-electron chi connectivity index (χ0n) is 7.24. The molecule has 0 radical (unpaired) electrons. The quantitative estimate of drug-likeness (QED) is 0.815. The molecule has 2 rings (SSSR count). The van der Waals surface area contributed by atoms with Gasteiger partial charge in [-0.15, -0.1) is 11.3 Å². The van der Waals surface area contributed by atoms with E-state index in [9.17, 15) is 4.79 Å². The molecule has 0 aliphatic rings. The molecule has 14 heavy (non-hydrogen) atoms. The van der Waals surface area contributed by atoms with Crippen molar-refractivity contribution in [1.29, 1.82) is 0 Å². The average molecular weight is 228 g/mol. The molecule has 2 aromatic heterocycles. The lowest BCUT2D eigenvalue weighted by Crippen LogP contribution is -1.98.